The summed E-state index contributed by atoms with van der Waals surface area (Å²) in [4.78, 5) is 26.3. The number of halogens is 2. The van der Waals surface area contributed by atoms with E-state index in [-0.39, 0.29) is 24.3 Å². The molecule has 2 aromatic carbocycles. The molecule has 4 rings (SSSR count). The van der Waals surface area contributed by atoms with Crippen molar-refractivity contribution in [2.24, 2.45) is 5.92 Å². The smallest absolute Gasteiger partial charge is 0.372 e. The molecule has 1 fully saturated rings. The summed E-state index contributed by atoms with van der Waals surface area (Å²) in [6.07, 6.45) is -0.0265. The van der Waals surface area contributed by atoms with E-state index in [2.05, 4.69) is 25.3 Å². The van der Waals surface area contributed by atoms with E-state index in [1.54, 1.807) is 24.3 Å². The Hall–Kier alpha value is -2.65. The van der Waals surface area contributed by atoms with E-state index in [9.17, 15) is 9.59 Å². The van der Waals surface area contributed by atoms with Crippen molar-refractivity contribution < 1.29 is 14.1 Å². The number of amides is 1. The molecule has 2 heterocycles. The fourth-order valence-corrected chi connectivity index (χ4v) is 4.01. The van der Waals surface area contributed by atoms with Gasteiger partial charge in [0.05, 0.1) is 29.2 Å². The van der Waals surface area contributed by atoms with Gasteiger partial charge in [0.15, 0.2) is 5.82 Å². The molecule has 32 heavy (non-hydrogen) atoms. The molecule has 0 spiro atoms. The normalized spacial score (nSPS) is 18.8. The lowest BCUT2D eigenvalue weighted by Gasteiger charge is -2.25. The number of ether oxygens (including phenoxy) is 1. The van der Waals surface area contributed by atoms with Crippen molar-refractivity contribution in [2.45, 2.75) is 12.5 Å². The zero-order chi connectivity index (χ0) is 22.5. The Morgan fingerprint density at radius 2 is 2.06 bits per heavy atom. The Labute approximate surface area is 194 Å². The molecule has 3 N–H and O–H groups in total. The first-order valence-corrected chi connectivity index (χ1v) is 10.9. The van der Waals surface area contributed by atoms with Crippen LogP contribution in [0.4, 0.5) is 0 Å². The van der Waals surface area contributed by atoms with Crippen LogP contribution in [0.1, 0.15) is 17.2 Å². The lowest BCUT2D eigenvalue weighted by atomic mass is 9.95. The van der Waals surface area contributed by atoms with Gasteiger partial charge < -0.3 is 15.4 Å². The summed E-state index contributed by atoms with van der Waals surface area (Å²) in [5.41, 5.74) is 2.39. The number of aromatic nitrogens is 2. The van der Waals surface area contributed by atoms with E-state index in [1.807, 2.05) is 18.2 Å². The molecule has 168 valence electrons. The zero-order valence-corrected chi connectivity index (χ0v) is 18.6. The van der Waals surface area contributed by atoms with Crippen molar-refractivity contribution in [2.75, 3.05) is 26.2 Å². The van der Waals surface area contributed by atoms with Gasteiger partial charge in [-0.05, 0) is 29.3 Å². The summed E-state index contributed by atoms with van der Waals surface area (Å²) in [7, 11) is 0. The maximum absolute atomic E-state index is 12.6. The summed E-state index contributed by atoms with van der Waals surface area (Å²) in [6, 6.07) is 12.7. The molecule has 10 heteroatoms. The Morgan fingerprint density at radius 1 is 1.19 bits per heavy atom. The molecule has 1 amide bonds. The second-order valence-corrected chi connectivity index (χ2v) is 8.37. The number of aromatic amines is 1. The lowest BCUT2D eigenvalue weighted by molar-refractivity contribution is -0.120. The van der Waals surface area contributed by atoms with Crippen LogP contribution < -0.4 is 16.4 Å². The van der Waals surface area contributed by atoms with Gasteiger partial charge in [0.2, 0.25) is 5.91 Å². The average molecular weight is 477 g/mol. The van der Waals surface area contributed by atoms with Crippen LogP contribution in [0.5, 0.6) is 0 Å². The number of H-pyrrole nitrogens is 1. The van der Waals surface area contributed by atoms with Crippen molar-refractivity contribution in [3.05, 3.63) is 74.2 Å². The predicted octanol–water partition coefficient (Wildman–Crippen LogP) is 2.97. The summed E-state index contributed by atoms with van der Waals surface area (Å²) >= 11 is 12.2. The fraction of sp³-hybridized carbons (Fsp3) is 0.318. The molecule has 3 aromatic rings. The molecule has 0 aliphatic carbocycles. The third-order valence-corrected chi connectivity index (χ3v) is 5.99. The highest BCUT2D eigenvalue weighted by atomic mass is 35.5. The van der Waals surface area contributed by atoms with Crippen LogP contribution in [0.15, 0.2) is 51.8 Å². The standard InChI is InChI=1S/C22H22Cl2N4O4/c23-17-5-4-14(10-18(17)24)20-16(11-25-6-7-31-20)12-26-19(29)9-13-2-1-3-15(8-13)21-27-22(30)32-28-21/h1-5,8,10,16,20,25H,6-7,9,11-12H2,(H,26,29)(H,27,28,30)/t16-,20-/m0/s1. The molecular formula is C22H22Cl2N4O4. The van der Waals surface area contributed by atoms with Crippen LogP contribution in [0, 0.1) is 5.92 Å². The van der Waals surface area contributed by atoms with E-state index in [0.29, 0.717) is 41.1 Å². The van der Waals surface area contributed by atoms with Crippen LogP contribution in [0.2, 0.25) is 10.0 Å². The summed E-state index contributed by atoms with van der Waals surface area (Å²) in [6.45, 7) is 2.43. The van der Waals surface area contributed by atoms with Gasteiger partial charge in [-0.15, -0.1) is 0 Å². The molecule has 0 bridgehead atoms. The highest BCUT2D eigenvalue weighted by molar-refractivity contribution is 6.42. The van der Waals surface area contributed by atoms with E-state index in [4.69, 9.17) is 27.9 Å². The zero-order valence-electron chi connectivity index (χ0n) is 17.1. The minimum absolute atomic E-state index is 0.0187. The molecular weight excluding hydrogens is 455 g/mol. The van der Waals surface area contributed by atoms with Gasteiger partial charge in [0.25, 0.3) is 0 Å². The van der Waals surface area contributed by atoms with Crippen LogP contribution in [-0.4, -0.2) is 42.3 Å². The van der Waals surface area contributed by atoms with Gasteiger partial charge in [0.1, 0.15) is 0 Å². The molecule has 0 saturated carbocycles. The van der Waals surface area contributed by atoms with Crippen molar-refractivity contribution in [1.82, 2.24) is 20.8 Å². The number of hydrogen-bond acceptors (Lipinski definition) is 6. The number of hydrogen-bond donors (Lipinski definition) is 3. The topological polar surface area (TPSA) is 109 Å². The lowest BCUT2D eigenvalue weighted by Crippen LogP contribution is -2.37. The maximum atomic E-state index is 12.6. The second kappa shape index (κ2) is 10.3. The van der Waals surface area contributed by atoms with E-state index >= 15 is 0 Å². The highest BCUT2D eigenvalue weighted by Crippen LogP contribution is 2.32. The molecule has 2 atom stereocenters. The van der Waals surface area contributed by atoms with Gasteiger partial charge in [-0.1, -0.05) is 52.6 Å². The monoisotopic (exact) mass is 476 g/mol. The quantitative estimate of drug-likeness (QED) is 0.504. The Bertz CT molecular complexity index is 1150. The highest BCUT2D eigenvalue weighted by Gasteiger charge is 2.27. The van der Waals surface area contributed by atoms with Gasteiger partial charge >= 0.3 is 5.76 Å². The van der Waals surface area contributed by atoms with E-state index < -0.39 is 5.76 Å². The van der Waals surface area contributed by atoms with Crippen molar-refractivity contribution in [3.63, 3.8) is 0 Å². The van der Waals surface area contributed by atoms with Crippen LogP contribution in [-0.2, 0) is 16.0 Å². The van der Waals surface area contributed by atoms with Crippen LogP contribution >= 0.6 is 23.2 Å². The van der Waals surface area contributed by atoms with Crippen molar-refractivity contribution in [1.29, 1.82) is 0 Å². The largest absolute Gasteiger partial charge is 0.439 e. The third kappa shape index (κ3) is 5.58. The average Bonchev–Trinajstić information content (AvgIpc) is 3.08. The summed E-state index contributed by atoms with van der Waals surface area (Å²) < 4.78 is 10.6. The first-order valence-electron chi connectivity index (χ1n) is 10.2. The number of nitrogens with one attached hydrogen (secondary N) is 3. The first-order chi connectivity index (χ1) is 15.5. The minimum atomic E-state index is -0.626. The van der Waals surface area contributed by atoms with Gasteiger partial charge in [-0.2, -0.15) is 0 Å². The summed E-state index contributed by atoms with van der Waals surface area (Å²) in [5.74, 6) is -0.402. The Kier molecular flexibility index (Phi) is 7.26. The van der Waals surface area contributed by atoms with Gasteiger partial charge in [-0.25, -0.2) is 4.79 Å². The number of carbonyl (C=O) groups excluding carboxylic acids is 1. The number of rotatable bonds is 6. The fourth-order valence-electron chi connectivity index (χ4n) is 3.70. The first kappa shape index (κ1) is 22.5. The van der Waals surface area contributed by atoms with Crippen molar-refractivity contribution >= 4 is 29.1 Å². The number of benzene rings is 2. The van der Waals surface area contributed by atoms with E-state index in [1.165, 1.54) is 0 Å². The Morgan fingerprint density at radius 3 is 2.84 bits per heavy atom. The SMILES string of the molecule is O=C(Cc1cccc(-c2noc(=O)[nH]2)c1)NC[C@@H]1CNCCO[C@H]1c1ccc(Cl)c(Cl)c1. The second-order valence-electron chi connectivity index (χ2n) is 7.55. The number of nitrogens with zero attached hydrogens (tertiary/aromatic N) is 1. The molecule has 1 aliphatic heterocycles. The molecule has 0 radical (unpaired) electrons. The molecule has 0 unspecified atom stereocenters. The van der Waals surface area contributed by atoms with Gasteiger partial charge in [-0.3, -0.25) is 14.3 Å². The van der Waals surface area contributed by atoms with E-state index in [0.717, 1.165) is 17.7 Å². The predicted molar refractivity (Wildman–Crippen MR) is 121 cm³/mol. The molecule has 1 saturated heterocycles. The van der Waals surface area contributed by atoms with Crippen LogP contribution in [0.3, 0.4) is 0 Å². The van der Waals surface area contributed by atoms with Crippen molar-refractivity contribution in [3.8, 4) is 11.4 Å². The Balaban J connectivity index is 1.40. The molecule has 1 aromatic heterocycles. The van der Waals surface area contributed by atoms with Crippen LogP contribution in [0.25, 0.3) is 11.4 Å². The molecule has 1 aliphatic rings. The summed E-state index contributed by atoms with van der Waals surface area (Å²) in [5, 5.41) is 11.0. The van der Waals surface area contributed by atoms with Gasteiger partial charge in [0, 0.05) is 31.1 Å². The molecule has 8 nitrogen and oxygen atoms in total. The maximum Gasteiger partial charge on any atom is 0.439 e. The third-order valence-electron chi connectivity index (χ3n) is 5.25. The minimum Gasteiger partial charge on any atom is -0.372 e. The number of carbonyl (C=O) groups is 1.